The molecule has 0 aliphatic rings. The van der Waals surface area contributed by atoms with Gasteiger partial charge in [-0.1, -0.05) is 155 Å². The number of rotatable bonds is 4. The first-order chi connectivity index (χ1) is 29.2. The fourth-order valence-electron chi connectivity index (χ4n) is 7.90. The van der Waals surface area contributed by atoms with Crippen LogP contribution in [0.4, 0.5) is 0 Å². The molecule has 0 aliphatic carbocycles. The number of hydrogen-bond donors (Lipinski definition) is 0. The first-order valence-corrected chi connectivity index (χ1v) is 20.1. The SMILES string of the molecule is Brc1ccc2oc3c(-c4nc(-c5ccccc5)c5ccccc5n4)cccc3c2c1.c1ccc(-c2nc(-c3cccc4c3oc3ccccc34)nc3ccccc23)cc1. The lowest BCUT2D eigenvalue weighted by Crippen LogP contribution is -1.95. The second kappa shape index (κ2) is 14.5. The van der Waals surface area contributed by atoms with Gasteiger partial charge in [-0.25, -0.2) is 19.9 Å². The smallest absolute Gasteiger partial charge is 0.164 e. The fourth-order valence-corrected chi connectivity index (χ4v) is 8.26. The van der Waals surface area contributed by atoms with Crippen LogP contribution in [0.15, 0.2) is 201 Å². The van der Waals surface area contributed by atoms with Gasteiger partial charge in [0.1, 0.15) is 22.3 Å². The molecule has 12 rings (SSSR count). The van der Waals surface area contributed by atoms with Crippen LogP contribution in [0.3, 0.4) is 0 Å². The second-order valence-electron chi connectivity index (χ2n) is 14.3. The molecule has 6 nitrogen and oxygen atoms in total. The predicted octanol–water partition coefficient (Wildman–Crippen LogP) is 14.5. The molecule has 0 spiro atoms. The van der Waals surface area contributed by atoms with Crippen LogP contribution in [0.2, 0.25) is 0 Å². The minimum absolute atomic E-state index is 0.663. The monoisotopic (exact) mass is 822 g/mol. The van der Waals surface area contributed by atoms with Crippen molar-refractivity contribution in [2.45, 2.75) is 0 Å². The molecule has 0 N–H and O–H groups in total. The Labute approximate surface area is 346 Å². The maximum absolute atomic E-state index is 6.25. The molecular weight excluding hydrogens is 793 g/mol. The molecule has 0 saturated carbocycles. The number of halogens is 1. The summed E-state index contributed by atoms with van der Waals surface area (Å²) in [5.41, 5.74) is 11.0. The second-order valence-corrected chi connectivity index (χ2v) is 15.2. The molecule has 0 bridgehead atoms. The van der Waals surface area contributed by atoms with E-state index >= 15 is 0 Å². The lowest BCUT2D eigenvalue weighted by atomic mass is 10.0. The molecule has 0 fully saturated rings. The van der Waals surface area contributed by atoms with Crippen molar-refractivity contribution >= 4 is 81.6 Å². The van der Waals surface area contributed by atoms with Crippen LogP contribution >= 0.6 is 15.9 Å². The number of hydrogen-bond acceptors (Lipinski definition) is 6. The van der Waals surface area contributed by atoms with Gasteiger partial charge in [-0.2, -0.15) is 0 Å². The zero-order chi connectivity index (χ0) is 39.3. The topological polar surface area (TPSA) is 77.8 Å². The van der Waals surface area contributed by atoms with E-state index in [0.717, 1.165) is 104 Å². The molecule has 8 aromatic carbocycles. The van der Waals surface area contributed by atoms with E-state index in [-0.39, 0.29) is 0 Å². The van der Waals surface area contributed by atoms with Crippen LogP contribution in [0.25, 0.3) is 111 Å². The molecule has 59 heavy (non-hydrogen) atoms. The third kappa shape index (κ3) is 6.20. The summed E-state index contributed by atoms with van der Waals surface area (Å²) in [5.74, 6) is 1.34. The minimum atomic E-state index is 0.663. The van der Waals surface area contributed by atoms with Crippen molar-refractivity contribution in [2.75, 3.05) is 0 Å². The molecular formula is C52H31BrN4O2. The van der Waals surface area contributed by atoms with Gasteiger partial charge in [-0.15, -0.1) is 0 Å². The maximum atomic E-state index is 6.25. The van der Waals surface area contributed by atoms with Gasteiger partial charge in [0.25, 0.3) is 0 Å². The lowest BCUT2D eigenvalue weighted by molar-refractivity contribution is 0.669. The Balaban J connectivity index is 0.000000135. The van der Waals surface area contributed by atoms with E-state index in [1.165, 1.54) is 0 Å². The molecule has 0 amide bonds. The number of aromatic nitrogens is 4. The van der Waals surface area contributed by atoms with E-state index in [9.17, 15) is 0 Å². The van der Waals surface area contributed by atoms with Gasteiger partial charge in [0.2, 0.25) is 0 Å². The number of para-hydroxylation sites is 5. The van der Waals surface area contributed by atoms with Gasteiger partial charge in [0, 0.05) is 47.9 Å². The molecule has 0 atom stereocenters. The van der Waals surface area contributed by atoms with E-state index in [1.807, 2.05) is 127 Å². The summed E-state index contributed by atoms with van der Waals surface area (Å²) in [6.45, 7) is 0. The van der Waals surface area contributed by atoms with Crippen LogP contribution in [-0.2, 0) is 0 Å². The van der Waals surface area contributed by atoms with Crippen molar-refractivity contribution < 1.29 is 8.83 Å². The third-order valence-electron chi connectivity index (χ3n) is 10.6. The Morgan fingerprint density at radius 2 is 0.780 bits per heavy atom. The molecule has 0 unspecified atom stereocenters. The van der Waals surface area contributed by atoms with Gasteiger partial charge in [0.05, 0.1) is 33.5 Å². The van der Waals surface area contributed by atoms with Gasteiger partial charge in [-0.3, -0.25) is 0 Å². The number of nitrogens with zero attached hydrogens (tertiary/aromatic N) is 4. The van der Waals surface area contributed by atoms with Crippen LogP contribution in [-0.4, -0.2) is 19.9 Å². The molecule has 0 radical (unpaired) electrons. The van der Waals surface area contributed by atoms with Crippen molar-refractivity contribution in [1.82, 2.24) is 19.9 Å². The van der Waals surface area contributed by atoms with Crippen LogP contribution in [0.5, 0.6) is 0 Å². The lowest BCUT2D eigenvalue weighted by Gasteiger charge is -2.09. The van der Waals surface area contributed by atoms with Gasteiger partial charge in [0.15, 0.2) is 11.6 Å². The highest BCUT2D eigenvalue weighted by molar-refractivity contribution is 9.10. The predicted molar refractivity (Wildman–Crippen MR) is 243 cm³/mol. The van der Waals surface area contributed by atoms with Gasteiger partial charge < -0.3 is 8.83 Å². The highest BCUT2D eigenvalue weighted by Gasteiger charge is 2.18. The summed E-state index contributed by atoms with van der Waals surface area (Å²) in [6, 6.07) is 63.2. The van der Waals surface area contributed by atoms with E-state index in [4.69, 9.17) is 28.8 Å². The molecule has 12 aromatic rings. The highest BCUT2D eigenvalue weighted by Crippen LogP contribution is 2.39. The van der Waals surface area contributed by atoms with E-state index in [0.29, 0.717) is 11.6 Å². The largest absolute Gasteiger partial charge is 0.455 e. The van der Waals surface area contributed by atoms with Crippen molar-refractivity contribution in [3.8, 4) is 45.3 Å². The quantitative estimate of drug-likeness (QED) is 0.176. The normalized spacial score (nSPS) is 11.5. The summed E-state index contributed by atoms with van der Waals surface area (Å²) in [5, 5.41) is 6.39. The maximum Gasteiger partial charge on any atom is 0.164 e. The Morgan fingerprint density at radius 3 is 1.34 bits per heavy atom. The van der Waals surface area contributed by atoms with Gasteiger partial charge in [-0.05, 0) is 48.5 Å². The van der Waals surface area contributed by atoms with E-state index < -0.39 is 0 Å². The van der Waals surface area contributed by atoms with Gasteiger partial charge >= 0.3 is 0 Å². The van der Waals surface area contributed by atoms with Crippen LogP contribution < -0.4 is 0 Å². The zero-order valence-electron chi connectivity index (χ0n) is 31.4. The first kappa shape index (κ1) is 34.7. The minimum Gasteiger partial charge on any atom is -0.455 e. The zero-order valence-corrected chi connectivity index (χ0v) is 33.0. The molecule has 278 valence electrons. The Kier molecular flexibility index (Phi) is 8.52. The van der Waals surface area contributed by atoms with Crippen molar-refractivity contribution in [1.29, 1.82) is 0 Å². The average Bonchev–Trinajstić information content (AvgIpc) is 3.87. The Bertz CT molecular complexity index is 3530. The van der Waals surface area contributed by atoms with Crippen molar-refractivity contribution in [3.05, 3.63) is 193 Å². The Hall–Kier alpha value is -7.48. The first-order valence-electron chi connectivity index (χ1n) is 19.3. The number of fused-ring (bicyclic) bond motifs is 8. The molecule has 7 heteroatoms. The Morgan fingerprint density at radius 1 is 0.339 bits per heavy atom. The average molecular weight is 824 g/mol. The summed E-state index contributed by atoms with van der Waals surface area (Å²) in [7, 11) is 0. The van der Waals surface area contributed by atoms with Crippen LogP contribution in [0, 0.1) is 0 Å². The summed E-state index contributed by atoms with van der Waals surface area (Å²) in [6.07, 6.45) is 0. The summed E-state index contributed by atoms with van der Waals surface area (Å²) in [4.78, 5) is 19.8. The third-order valence-corrected chi connectivity index (χ3v) is 11.1. The summed E-state index contributed by atoms with van der Waals surface area (Å²) < 4.78 is 13.5. The molecule has 4 aromatic heterocycles. The van der Waals surface area contributed by atoms with E-state index in [1.54, 1.807) is 0 Å². The van der Waals surface area contributed by atoms with Crippen molar-refractivity contribution in [3.63, 3.8) is 0 Å². The number of benzene rings is 8. The van der Waals surface area contributed by atoms with Crippen LogP contribution in [0.1, 0.15) is 0 Å². The molecule has 0 aliphatic heterocycles. The fraction of sp³-hybridized carbons (Fsp3) is 0. The van der Waals surface area contributed by atoms with E-state index in [2.05, 4.69) is 76.6 Å². The van der Waals surface area contributed by atoms with Crippen molar-refractivity contribution in [2.24, 2.45) is 0 Å². The standard InChI is InChI=1S/C26H15BrN2O.C26H16N2O/c27-17-13-14-23-21(15-17)18-10-6-11-20(25(18)30-23)26-28-22-12-5-4-9-19(22)24(29-26)16-7-2-1-3-8-16;1-2-9-17(10-3-1)24-20-12-4-6-15-22(20)27-26(28-24)21-14-8-13-19-18-11-5-7-16-23(18)29-25(19)21/h1-15H;1-16H. The highest BCUT2D eigenvalue weighted by atomic mass is 79.9. The number of furan rings is 2. The molecule has 0 saturated heterocycles. The summed E-state index contributed by atoms with van der Waals surface area (Å²) >= 11 is 3.56. The molecule has 4 heterocycles.